The van der Waals surface area contributed by atoms with Gasteiger partial charge in [-0.2, -0.15) is 13.4 Å². The molecule has 0 saturated heterocycles. The average Bonchev–Trinajstić information content (AvgIpc) is 2.56. The Morgan fingerprint density at radius 2 is 2.12 bits per heavy atom. The first-order chi connectivity index (χ1) is 11.7. The predicted molar refractivity (Wildman–Crippen MR) is 97.3 cm³/mol. The molecule has 136 valence electrons. The topological polar surface area (TPSA) is 104 Å². The van der Waals surface area contributed by atoms with Crippen LogP contribution in [0.5, 0.6) is 0 Å². The van der Waals surface area contributed by atoms with E-state index in [2.05, 4.69) is 36.5 Å². The third-order valence-electron chi connectivity index (χ3n) is 3.54. The van der Waals surface area contributed by atoms with Gasteiger partial charge in [-0.1, -0.05) is 13.0 Å². The molecule has 1 aromatic heterocycles. The van der Waals surface area contributed by atoms with Gasteiger partial charge in [-0.3, -0.25) is 0 Å². The lowest BCUT2D eigenvalue weighted by Gasteiger charge is -2.16. The van der Waals surface area contributed by atoms with E-state index in [1.54, 1.807) is 6.92 Å². The highest BCUT2D eigenvalue weighted by atomic mass is 79.9. The van der Waals surface area contributed by atoms with Gasteiger partial charge < -0.3 is 15.7 Å². The molecule has 0 radical (unpaired) electrons. The Morgan fingerprint density at radius 3 is 2.72 bits per heavy atom. The number of hydrogen-bond acceptors (Lipinski definition) is 7. The molecule has 1 aromatic carbocycles. The van der Waals surface area contributed by atoms with Crippen molar-refractivity contribution in [3.8, 4) is 0 Å². The number of aliphatic hydroxyl groups is 1. The van der Waals surface area contributed by atoms with Crippen molar-refractivity contribution >= 4 is 43.6 Å². The molecule has 1 atom stereocenters. The van der Waals surface area contributed by atoms with Crippen LogP contribution in [0.1, 0.15) is 18.9 Å². The van der Waals surface area contributed by atoms with Gasteiger partial charge in [0.2, 0.25) is 5.95 Å². The number of nitrogens with zero attached hydrogens (tertiary/aromatic N) is 2. The number of halogens is 2. The highest BCUT2D eigenvalue weighted by molar-refractivity contribution is 9.10. The molecule has 1 heterocycles. The second kappa shape index (κ2) is 8.07. The second-order valence-corrected chi connectivity index (χ2v) is 7.56. The first-order valence-corrected chi connectivity index (χ1v) is 9.64. The van der Waals surface area contributed by atoms with E-state index < -0.39 is 15.1 Å². The molecule has 0 aliphatic rings. The van der Waals surface area contributed by atoms with Crippen molar-refractivity contribution in [3.05, 3.63) is 34.4 Å². The molecule has 3 N–H and O–H groups in total. The summed E-state index contributed by atoms with van der Waals surface area (Å²) in [5.74, 6) is 0.681. The van der Waals surface area contributed by atoms with Crippen LogP contribution in [-0.2, 0) is 10.2 Å². The van der Waals surface area contributed by atoms with Crippen LogP contribution in [0, 0.1) is 6.92 Å². The van der Waals surface area contributed by atoms with Crippen LogP contribution in [0.15, 0.2) is 33.8 Å². The molecule has 0 amide bonds. The van der Waals surface area contributed by atoms with Crippen LogP contribution < -0.4 is 10.6 Å². The Morgan fingerprint density at radius 1 is 1.40 bits per heavy atom. The van der Waals surface area contributed by atoms with Gasteiger partial charge in [-0.15, -0.1) is 3.89 Å². The molecule has 0 fully saturated rings. The van der Waals surface area contributed by atoms with Crippen LogP contribution in [0.4, 0.5) is 21.3 Å². The fraction of sp³-hybridized carbons (Fsp3) is 0.333. The summed E-state index contributed by atoms with van der Waals surface area (Å²) in [6.07, 6.45) is 2.22. The smallest absolute Gasteiger partial charge is 0.332 e. The quantitative estimate of drug-likeness (QED) is 0.577. The number of hydrogen-bond donors (Lipinski definition) is 3. The van der Waals surface area contributed by atoms with Gasteiger partial charge in [0.25, 0.3) is 0 Å². The van der Waals surface area contributed by atoms with Gasteiger partial charge in [0.1, 0.15) is 10.7 Å². The zero-order chi connectivity index (χ0) is 18.6. The van der Waals surface area contributed by atoms with E-state index in [-0.39, 0.29) is 18.6 Å². The summed E-state index contributed by atoms with van der Waals surface area (Å²) in [5.41, 5.74) is 1.08. The molecule has 0 bridgehead atoms. The first kappa shape index (κ1) is 19.5. The van der Waals surface area contributed by atoms with Crippen molar-refractivity contribution < 1.29 is 17.4 Å². The highest BCUT2D eigenvalue weighted by Gasteiger charge is 2.15. The third kappa shape index (κ3) is 5.10. The van der Waals surface area contributed by atoms with Gasteiger partial charge in [-0.25, -0.2) is 4.98 Å². The molecule has 0 spiro atoms. The van der Waals surface area contributed by atoms with Crippen molar-refractivity contribution in [1.82, 2.24) is 9.97 Å². The standard InChI is InChI=1S/C15H18BrFN4O3S/c1-3-10(8-22)19-14-12(16)7-18-15(21-14)20-13-6-11(25(17,23)24)5-4-9(13)2/h4-7,10,22H,3,8H2,1-2H3,(H2,18,19,20,21)/t10-/m1/s1. The maximum absolute atomic E-state index is 13.2. The van der Waals surface area contributed by atoms with Crippen LogP contribution in [0.2, 0.25) is 0 Å². The molecular formula is C15H18BrFN4O3S. The number of nitrogens with one attached hydrogen (secondary N) is 2. The predicted octanol–water partition coefficient (Wildman–Crippen LogP) is 3.13. The van der Waals surface area contributed by atoms with Gasteiger partial charge in [0.15, 0.2) is 0 Å². The van der Waals surface area contributed by atoms with Crippen molar-refractivity contribution in [3.63, 3.8) is 0 Å². The van der Waals surface area contributed by atoms with E-state index in [1.165, 1.54) is 24.4 Å². The van der Waals surface area contributed by atoms with Crippen LogP contribution in [0.3, 0.4) is 0 Å². The van der Waals surface area contributed by atoms with E-state index >= 15 is 0 Å². The zero-order valence-electron chi connectivity index (χ0n) is 13.6. The number of aryl methyl sites for hydroxylation is 1. The van der Waals surface area contributed by atoms with Gasteiger partial charge in [0.05, 0.1) is 17.1 Å². The molecule has 2 aromatic rings. The molecule has 0 unspecified atom stereocenters. The Labute approximate surface area is 154 Å². The molecule has 25 heavy (non-hydrogen) atoms. The van der Waals surface area contributed by atoms with Gasteiger partial charge >= 0.3 is 10.2 Å². The lowest BCUT2D eigenvalue weighted by Crippen LogP contribution is -2.23. The van der Waals surface area contributed by atoms with Gasteiger partial charge in [-0.05, 0) is 47.0 Å². The minimum absolute atomic E-state index is 0.0504. The molecular weight excluding hydrogens is 415 g/mol. The van der Waals surface area contributed by atoms with E-state index in [0.29, 0.717) is 28.0 Å². The molecule has 0 aliphatic carbocycles. The Hall–Kier alpha value is -1.78. The second-order valence-electron chi connectivity index (χ2n) is 5.36. The van der Waals surface area contributed by atoms with Gasteiger partial charge in [0, 0.05) is 11.9 Å². The lowest BCUT2D eigenvalue weighted by molar-refractivity contribution is 0.271. The van der Waals surface area contributed by atoms with E-state index in [9.17, 15) is 17.4 Å². The Kier molecular flexibility index (Phi) is 6.31. The fourth-order valence-corrected chi connectivity index (χ4v) is 2.80. The normalized spacial score (nSPS) is 12.7. The number of aromatic nitrogens is 2. The molecule has 2 rings (SSSR count). The maximum atomic E-state index is 13.2. The molecule has 0 aliphatic heterocycles. The summed E-state index contributed by atoms with van der Waals surface area (Å²) in [6.45, 7) is 3.62. The van der Waals surface area contributed by atoms with E-state index in [4.69, 9.17) is 0 Å². The number of benzene rings is 1. The Balaban J connectivity index is 2.32. The van der Waals surface area contributed by atoms with Crippen molar-refractivity contribution in [1.29, 1.82) is 0 Å². The van der Waals surface area contributed by atoms with Crippen LogP contribution >= 0.6 is 15.9 Å². The highest BCUT2D eigenvalue weighted by Crippen LogP contribution is 2.26. The zero-order valence-corrected chi connectivity index (χ0v) is 16.0. The first-order valence-electron chi connectivity index (χ1n) is 7.46. The summed E-state index contributed by atoms with van der Waals surface area (Å²) < 4.78 is 35.9. The van der Waals surface area contributed by atoms with Crippen molar-refractivity contribution in [2.24, 2.45) is 0 Å². The molecule has 10 heteroatoms. The summed E-state index contributed by atoms with van der Waals surface area (Å²) in [7, 11) is -4.80. The number of anilines is 3. The molecule has 7 nitrogen and oxygen atoms in total. The van der Waals surface area contributed by atoms with Crippen molar-refractivity contribution in [2.45, 2.75) is 31.2 Å². The van der Waals surface area contributed by atoms with Crippen molar-refractivity contribution in [2.75, 3.05) is 17.2 Å². The SMILES string of the molecule is CC[C@H](CO)Nc1nc(Nc2cc(S(=O)(=O)F)ccc2C)ncc1Br. The van der Waals surface area contributed by atoms with E-state index in [1.807, 2.05) is 6.92 Å². The van der Waals surface area contributed by atoms with E-state index in [0.717, 1.165) is 0 Å². The third-order valence-corrected chi connectivity index (χ3v) is 4.93. The average molecular weight is 433 g/mol. The summed E-state index contributed by atoms with van der Waals surface area (Å²) in [5, 5.41) is 15.3. The lowest BCUT2D eigenvalue weighted by atomic mass is 10.2. The maximum Gasteiger partial charge on any atom is 0.332 e. The number of rotatable bonds is 7. The summed E-state index contributed by atoms with van der Waals surface area (Å²) in [4.78, 5) is 7.97. The summed E-state index contributed by atoms with van der Waals surface area (Å²) in [6, 6.07) is 3.70. The van der Waals surface area contributed by atoms with Crippen LogP contribution in [-0.4, -0.2) is 36.1 Å². The summed E-state index contributed by atoms with van der Waals surface area (Å²) >= 11 is 3.33. The molecule has 0 saturated carbocycles. The fourth-order valence-electron chi connectivity index (χ4n) is 2.01. The monoisotopic (exact) mass is 432 g/mol. The van der Waals surface area contributed by atoms with Crippen LogP contribution in [0.25, 0.3) is 0 Å². The number of aliphatic hydroxyl groups excluding tert-OH is 1. The minimum Gasteiger partial charge on any atom is -0.394 e. The Bertz CT molecular complexity index is 860. The minimum atomic E-state index is -4.80. The largest absolute Gasteiger partial charge is 0.394 e.